The standard InChI is InChI=1S/C26H25N5O8/c32-16-5-1-15(2-6-16)10-27-24-21-25(29-12-28-24)31(13-30-21)26-23(37)22(36)19(39-26)11-38-20(35)8-4-14-3-7-17(33)18(34)9-14/h1-9,12-13,19,22-23,26,32-34,36-37H,10-11H2,(H,27,28,29)/b8-4+/t19-,22-,23-,26-/m1/s1. The molecule has 2 aromatic heterocycles. The number of nitrogens with one attached hydrogen (secondary N) is 1. The normalized spacial score (nSPS) is 21.0. The topological polar surface area (TPSA) is 192 Å². The van der Waals surface area contributed by atoms with E-state index >= 15 is 0 Å². The summed E-state index contributed by atoms with van der Waals surface area (Å²) in [6.45, 7) is 0.0795. The van der Waals surface area contributed by atoms with Crippen molar-refractivity contribution < 1.29 is 39.8 Å². The minimum atomic E-state index is -1.36. The molecule has 6 N–H and O–H groups in total. The minimum Gasteiger partial charge on any atom is -0.508 e. The Morgan fingerprint density at radius 2 is 1.82 bits per heavy atom. The maximum Gasteiger partial charge on any atom is 0.330 e. The maximum absolute atomic E-state index is 12.1. The van der Waals surface area contributed by atoms with E-state index in [1.165, 1.54) is 41.5 Å². The van der Waals surface area contributed by atoms with Gasteiger partial charge in [-0.25, -0.2) is 19.7 Å². The van der Waals surface area contributed by atoms with Crippen LogP contribution in [0.25, 0.3) is 17.2 Å². The van der Waals surface area contributed by atoms with Crippen molar-refractivity contribution in [3.63, 3.8) is 0 Å². The number of carbonyl (C=O) groups excluding carboxylic acids is 1. The lowest BCUT2D eigenvalue weighted by Gasteiger charge is -2.16. The Morgan fingerprint density at radius 3 is 2.59 bits per heavy atom. The molecule has 202 valence electrons. The van der Waals surface area contributed by atoms with Gasteiger partial charge < -0.3 is 40.3 Å². The molecule has 0 unspecified atom stereocenters. The minimum absolute atomic E-state index is 0.166. The number of ether oxygens (including phenoxy) is 2. The van der Waals surface area contributed by atoms with Crippen LogP contribution < -0.4 is 5.32 Å². The molecule has 13 heteroatoms. The molecule has 3 heterocycles. The molecule has 0 saturated carbocycles. The summed E-state index contributed by atoms with van der Waals surface area (Å²) in [5.41, 5.74) is 2.14. The third kappa shape index (κ3) is 5.60. The van der Waals surface area contributed by atoms with Gasteiger partial charge in [0.1, 0.15) is 37.0 Å². The Bertz CT molecular complexity index is 1510. The Hall–Kier alpha value is -4.72. The number of imidazole rings is 1. The summed E-state index contributed by atoms with van der Waals surface area (Å²) in [6, 6.07) is 10.8. The number of phenols is 3. The lowest BCUT2D eigenvalue weighted by atomic mass is 10.1. The van der Waals surface area contributed by atoms with Gasteiger partial charge in [0.15, 0.2) is 34.7 Å². The Morgan fingerprint density at radius 1 is 1.03 bits per heavy atom. The number of aromatic hydroxyl groups is 3. The molecule has 0 amide bonds. The first kappa shape index (κ1) is 25.9. The molecule has 0 radical (unpaired) electrons. The van der Waals surface area contributed by atoms with E-state index in [9.17, 15) is 30.3 Å². The first-order valence-electron chi connectivity index (χ1n) is 11.9. The molecule has 0 spiro atoms. The van der Waals surface area contributed by atoms with E-state index in [2.05, 4.69) is 20.3 Å². The summed E-state index contributed by atoms with van der Waals surface area (Å²) in [4.78, 5) is 25.0. The first-order valence-corrected chi connectivity index (χ1v) is 11.9. The zero-order valence-electron chi connectivity index (χ0n) is 20.3. The number of aliphatic hydroxyl groups excluding tert-OH is 2. The van der Waals surface area contributed by atoms with E-state index in [-0.39, 0.29) is 23.9 Å². The van der Waals surface area contributed by atoms with Gasteiger partial charge in [0.05, 0.1) is 6.33 Å². The van der Waals surface area contributed by atoms with Crippen LogP contribution in [0.1, 0.15) is 17.4 Å². The van der Waals surface area contributed by atoms with Gasteiger partial charge in [-0.15, -0.1) is 0 Å². The third-order valence-corrected chi connectivity index (χ3v) is 6.17. The van der Waals surface area contributed by atoms with Gasteiger partial charge in [0.25, 0.3) is 0 Å². The first-order chi connectivity index (χ1) is 18.8. The molecule has 1 aliphatic heterocycles. The van der Waals surface area contributed by atoms with Gasteiger partial charge in [-0.2, -0.15) is 0 Å². The zero-order chi connectivity index (χ0) is 27.5. The van der Waals surface area contributed by atoms with E-state index in [1.54, 1.807) is 24.3 Å². The monoisotopic (exact) mass is 535 g/mol. The third-order valence-electron chi connectivity index (χ3n) is 6.17. The summed E-state index contributed by atoms with van der Waals surface area (Å²) in [5.74, 6) is -0.737. The van der Waals surface area contributed by atoms with Crippen LogP contribution in [0.4, 0.5) is 5.82 Å². The molecular formula is C26H25N5O8. The van der Waals surface area contributed by atoms with Gasteiger partial charge in [-0.05, 0) is 41.5 Å². The highest BCUT2D eigenvalue weighted by Gasteiger charge is 2.45. The predicted molar refractivity (Wildman–Crippen MR) is 136 cm³/mol. The average Bonchev–Trinajstić information content (AvgIpc) is 3.48. The number of aliphatic hydroxyl groups is 2. The fraction of sp³-hybridized carbons (Fsp3) is 0.231. The summed E-state index contributed by atoms with van der Waals surface area (Å²) in [7, 11) is 0. The molecule has 4 atom stereocenters. The molecular weight excluding hydrogens is 510 g/mol. The summed E-state index contributed by atoms with van der Waals surface area (Å²) >= 11 is 0. The van der Waals surface area contributed by atoms with Gasteiger partial charge in [0, 0.05) is 12.6 Å². The summed E-state index contributed by atoms with van der Waals surface area (Å²) < 4.78 is 12.4. The van der Waals surface area contributed by atoms with Crippen molar-refractivity contribution >= 4 is 29.0 Å². The number of benzene rings is 2. The van der Waals surface area contributed by atoms with Crippen molar-refractivity contribution in [1.29, 1.82) is 0 Å². The second-order valence-corrected chi connectivity index (χ2v) is 8.82. The van der Waals surface area contributed by atoms with E-state index in [4.69, 9.17) is 9.47 Å². The number of hydrogen-bond donors (Lipinski definition) is 6. The van der Waals surface area contributed by atoms with E-state index < -0.39 is 30.5 Å². The number of phenolic OH excluding ortho intramolecular Hbond substituents is 3. The number of aromatic nitrogens is 4. The molecule has 13 nitrogen and oxygen atoms in total. The number of hydrogen-bond acceptors (Lipinski definition) is 12. The van der Waals surface area contributed by atoms with Crippen LogP contribution in [0, 0.1) is 0 Å². The van der Waals surface area contributed by atoms with Crippen LogP contribution >= 0.6 is 0 Å². The maximum atomic E-state index is 12.1. The molecule has 1 fully saturated rings. The fourth-order valence-electron chi connectivity index (χ4n) is 4.08. The summed E-state index contributed by atoms with van der Waals surface area (Å²) in [5, 5.41) is 52.7. The largest absolute Gasteiger partial charge is 0.508 e. The quantitative estimate of drug-likeness (QED) is 0.108. The molecule has 0 bridgehead atoms. The average molecular weight is 536 g/mol. The van der Waals surface area contributed by atoms with Crippen molar-refractivity contribution in [2.24, 2.45) is 0 Å². The van der Waals surface area contributed by atoms with Crippen molar-refractivity contribution in [3.8, 4) is 17.2 Å². The highest BCUT2D eigenvalue weighted by atomic mass is 16.6. The Kier molecular flexibility index (Phi) is 7.27. The highest BCUT2D eigenvalue weighted by molar-refractivity contribution is 5.87. The SMILES string of the molecule is O=C(/C=C/c1ccc(O)c(O)c1)OC[C@H]1O[C@@H](n2cnc3c(NCc4ccc(O)cc4)ncnc32)[C@H](O)[C@@H]1O. The van der Waals surface area contributed by atoms with Crippen LogP contribution in [0.15, 0.2) is 61.2 Å². The van der Waals surface area contributed by atoms with E-state index in [1.807, 2.05) is 0 Å². The van der Waals surface area contributed by atoms with Gasteiger partial charge >= 0.3 is 5.97 Å². The Labute approximate surface area is 221 Å². The van der Waals surface area contributed by atoms with Crippen molar-refractivity contribution in [2.45, 2.75) is 31.1 Å². The van der Waals surface area contributed by atoms with Gasteiger partial charge in [-0.3, -0.25) is 4.57 Å². The van der Waals surface area contributed by atoms with Gasteiger partial charge in [-0.1, -0.05) is 18.2 Å². The van der Waals surface area contributed by atoms with Crippen molar-refractivity contribution in [2.75, 3.05) is 11.9 Å². The molecule has 5 rings (SSSR count). The number of fused-ring (bicyclic) bond motifs is 1. The number of carbonyl (C=O) groups is 1. The Balaban J connectivity index is 1.23. The number of nitrogens with zero attached hydrogens (tertiary/aromatic N) is 4. The van der Waals surface area contributed by atoms with Crippen molar-refractivity contribution in [1.82, 2.24) is 19.5 Å². The second-order valence-electron chi connectivity index (χ2n) is 8.82. The molecule has 1 saturated heterocycles. The number of esters is 1. The smallest absolute Gasteiger partial charge is 0.330 e. The number of rotatable bonds is 8. The summed E-state index contributed by atoms with van der Waals surface area (Å²) in [6.07, 6.45) is 0.462. The van der Waals surface area contributed by atoms with Crippen LogP contribution in [-0.4, -0.2) is 75.9 Å². The van der Waals surface area contributed by atoms with Crippen molar-refractivity contribution in [3.05, 3.63) is 72.3 Å². The lowest BCUT2D eigenvalue weighted by molar-refractivity contribution is -0.144. The molecule has 1 aliphatic rings. The highest BCUT2D eigenvalue weighted by Crippen LogP contribution is 2.32. The predicted octanol–water partition coefficient (Wildman–Crippen LogP) is 1.43. The molecule has 2 aromatic carbocycles. The molecule has 39 heavy (non-hydrogen) atoms. The van der Waals surface area contributed by atoms with E-state index in [0.29, 0.717) is 29.1 Å². The van der Waals surface area contributed by atoms with Crippen LogP contribution in [-0.2, 0) is 20.8 Å². The molecule has 4 aromatic rings. The second kappa shape index (κ2) is 10.9. The van der Waals surface area contributed by atoms with Gasteiger partial charge in [0.2, 0.25) is 0 Å². The zero-order valence-corrected chi connectivity index (χ0v) is 20.3. The number of anilines is 1. The van der Waals surface area contributed by atoms with Crippen LogP contribution in [0.2, 0.25) is 0 Å². The van der Waals surface area contributed by atoms with E-state index in [0.717, 1.165) is 11.6 Å². The lowest BCUT2D eigenvalue weighted by Crippen LogP contribution is -2.34. The van der Waals surface area contributed by atoms with Crippen LogP contribution in [0.3, 0.4) is 0 Å². The van der Waals surface area contributed by atoms with Crippen LogP contribution in [0.5, 0.6) is 17.2 Å². The molecule has 0 aliphatic carbocycles. The fourth-order valence-corrected chi connectivity index (χ4v) is 4.08.